The molecule has 0 amide bonds. The fraction of sp³-hybridized carbons (Fsp3) is 0.300. The predicted molar refractivity (Wildman–Crippen MR) is 94.3 cm³/mol. The van der Waals surface area contributed by atoms with Crippen molar-refractivity contribution in [3.8, 4) is 0 Å². The maximum atomic E-state index is 11.8. The Hall–Kier alpha value is -2.66. The number of carbonyl (C=O) groups is 2. The van der Waals surface area contributed by atoms with Gasteiger partial charge in [0.1, 0.15) is 19.3 Å². The number of nitrogens with two attached hydrogens (primary N) is 1. The van der Waals surface area contributed by atoms with E-state index in [9.17, 15) is 9.59 Å². The molecule has 2 rings (SSSR count). The molecule has 2 aromatic carbocycles. The fourth-order valence-corrected chi connectivity index (χ4v) is 2.23. The van der Waals surface area contributed by atoms with Crippen molar-refractivity contribution in [2.24, 2.45) is 5.73 Å². The topological polar surface area (TPSA) is 78.6 Å². The lowest BCUT2D eigenvalue weighted by molar-refractivity contribution is -0.148. The van der Waals surface area contributed by atoms with Gasteiger partial charge in [0, 0.05) is 6.42 Å². The molecule has 2 N–H and O–H groups in total. The zero-order valence-electron chi connectivity index (χ0n) is 14.1. The number of ether oxygens (including phenoxy) is 2. The minimum Gasteiger partial charge on any atom is -0.461 e. The van der Waals surface area contributed by atoms with Crippen LogP contribution in [0.1, 0.15) is 30.4 Å². The van der Waals surface area contributed by atoms with Gasteiger partial charge in [0.25, 0.3) is 0 Å². The van der Waals surface area contributed by atoms with Crippen LogP contribution in [-0.4, -0.2) is 18.0 Å². The number of esters is 2. The minimum absolute atomic E-state index is 0.201. The molecule has 0 spiro atoms. The monoisotopic (exact) mass is 341 g/mol. The molecule has 1 unspecified atom stereocenters. The van der Waals surface area contributed by atoms with Gasteiger partial charge in [-0.15, -0.1) is 0 Å². The number of hydrogen-bond donors (Lipinski definition) is 1. The summed E-state index contributed by atoms with van der Waals surface area (Å²) in [7, 11) is 0. The first kappa shape index (κ1) is 18.7. The molecular weight excluding hydrogens is 318 g/mol. The largest absolute Gasteiger partial charge is 0.461 e. The van der Waals surface area contributed by atoms with Crippen LogP contribution in [-0.2, 0) is 32.3 Å². The molecule has 0 saturated heterocycles. The van der Waals surface area contributed by atoms with Gasteiger partial charge >= 0.3 is 11.9 Å². The summed E-state index contributed by atoms with van der Waals surface area (Å²) in [5.74, 6) is -0.754. The van der Waals surface area contributed by atoms with Crippen LogP contribution in [0.2, 0.25) is 0 Å². The summed E-state index contributed by atoms with van der Waals surface area (Å²) in [6, 6.07) is 18.2. The minimum atomic E-state index is -0.731. The van der Waals surface area contributed by atoms with E-state index in [1.807, 2.05) is 60.7 Å². The molecule has 0 aliphatic heterocycles. The molecule has 0 fully saturated rings. The SMILES string of the molecule is NC(CCCC(=O)OCc1ccccc1)C(=O)OCc1ccccc1. The summed E-state index contributed by atoms with van der Waals surface area (Å²) in [4.78, 5) is 23.5. The lowest BCUT2D eigenvalue weighted by Gasteiger charge is -2.11. The van der Waals surface area contributed by atoms with E-state index in [2.05, 4.69) is 0 Å². The van der Waals surface area contributed by atoms with Crippen molar-refractivity contribution in [2.75, 3.05) is 0 Å². The van der Waals surface area contributed by atoms with E-state index >= 15 is 0 Å². The average Bonchev–Trinajstić information content (AvgIpc) is 2.66. The summed E-state index contributed by atoms with van der Waals surface area (Å²) in [5.41, 5.74) is 7.66. The molecule has 0 aliphatic carbocycles. The first-order valence-corrected chi connectivity index (χ1v) is 8.31. The van der Waals surface area contributed by atoms with Gasteiger partial charge in [-0.3, -0.25) is 9.59 Å². The van der Waals surface area contributed by atoms with Crippen molar-refractivity contribution >= 4 is 11.9 Å². The Morgan fingerprint density at radius 1 is 0.840 bits per heavy atom. The van der Waals surface area contributed by atoms with Crippen LogP contribution in [0.5, 0.6) is 0 Å². The quantitative estimate of drug-likeness (QED) is 0.709. The van der Waals surface area contributed by atoms with Crippen LogP contribution in [0.15, 0.2) is 60.7 Å². The van der Waals surface area contributed by atoms with E-state index in [0.29, 0.717) is 12.8 Å². The summed E-state index contributed by atoms with van der Waals surface area (Å²) in [6.07, 6.45) is 1.09. The van der Waals surface area contributed by atoms with Crippen molar-refractivity contribution in [1.29, 1.82) is 0 Å². The van der Waals surface area contributed by atoms with Gasteiger partial charge < -0.3 is 15.2 Å². The van der Waals surface area contributed by atoms with Gasteiger partial charge in [-0.05, 0) is 24.0 Å². The van der Waals surface area contributed by atoms with Crippen molar-refractivity contribution in [1.82, 2.24) is 0 Å². The van der Waals surface area contributed by atoms with Crippen LogP contribution in [0.3, 0.4) is 0 Å². The van der Waals surface area contributed by atoms with E-state index in [1.54, 1.807) is 0 Å². The summed E-state index contributed by atoms with van der Waals surface area (Å²) < 4.78 is 10.4. The number of carbonyl (C=O) groups excluding carboxylic acids is 2. The third kappa shape index (κ3) is 7.18. The summed E-state index contributed by atoms with van der Waals surface area (Å²) in [6.45, 7) is 0.456. The van der Waals surface area contributed by atoms with Gasteiger partial charge in [-0.2, -0.15) is 0 Å². The first-order valence-electron chi connectivity index (χ1n) is 8.31. The molecule has 0 radical (unpaired) electrons. The highest BCUT2D eigenvalue weighted by atomic mass is 16.5. The molecule has 0 bridgehead atoms. The standard InChI is InChI=1S/C20H23NO4/c21-18(20(23)25-15-17-10-5-2-6-11-17)12-7-13-19(22)24-14-16-8-3-1-4-9-16/h1-6,8-11,18H,7,12-15,21H2. The van der Waals surface area contributed by atoms with Gasteiger partial charge in [0.2, 0.25) is 0 Å². The Morgan fingerprint density at radius 3 is 1.92 bits per heavy atom. The Balaban J connectivity index is 1.60. The molecule has 0 heterocycles. The molecule has 0 aromatic heterocycles. The summed E-state index contributed by atoms with van der Waals surface area (Å²) in [5, 5.41) is 0. The Morgan fingerprint density at radius 2 is 1.36 bits per heavy atom. The van der Waals surface area contributed by atoms with Crippen LogP contribution < -0.4 is 5.73 Å². The molecule has 1 atom stereocenters. The average molecular weight is 341 g/mol. The lowest BCUT2D eigenvalue weighted by atomic mass is 10.1. The first-order chi connectivity index (χ1) is 12.1. The molecular formula is C20H23NO4. The van der Waals surface area contributed by atoms with Crippen LogP contribution >= 0.6 is 0 Å². The van der Waals surface area contributed by atoms with Gasteiger partial charge in [-0.1, -0.05) is 60.7 Å². The number of rotatable bonds is 9. The predicted octanol–water partition coefficient (Wildman–Crippen LogP) is 2.97. The molecule has 5 heteroatoms. The molecule has 5 nitrogen and oxygen atoms in total. The zero-order chi connectivity index (χ0) is 17.9. The second-order valence-corrected chi connectivity index (χ2v) is 5.74. The van der Waals surface area contributed by atoms with Crippen molar-refractivity contribution in [3.05, 3.63) is 71.8 Å². The van der Waals surface area contributed by atoms with E-state index in [-0.39, 0.29) is 25.6 Å². The molecule has 25 heavy (non-hydrogen) atoms. The maximum Gasteiger partial charge on any atom is 0.323 e. The highest BCUT2D eigenvalue weighted by Gasteiger charge is 2.15. The Kier molecular flexibility index (Phi) is 7.66. The number of benzene rings is 2. The van der Waals surface area contributed by atoms with Crippen molar-refractivity contribution in [2.45, 2.75) is 38.5 Å². The lowest BCUT2D eigenvalue weighted by Crippen LogP contribution is -2.32. The van der Waals surface area contributed by atoms with E-state index in [1.165, 1.54) is 0 Å². The van der Waals surface area contributed by atoms with Crippen LogP contribution in [0.25, 0.3) is 0 Å². The fourth-order valence-electron chi connectivity index (χ4n) is 2.23. The third-order valence-corrected chi connectivity index (χ3v) is 3.67. The van der Waals surface area contributed by atoms with Crippen molar-refractivity contribution < 1.29 is 19.1 Å². The molecule has 0 saturated carbocycles. The normalized spacial score (nSPS) is 11.6. The molecule has 2 aromatic rings. The smallest absolute Gasteiger partial charge is 0.323 e. The third-order valence-electron chi connectivity index (χ3n) is 3.67. The van der Waals surface area contributed by atoms with Gasteiger partial charge in [-0.25, -0.2) is 0 Å². The Bertz CT molecular complexity index is 658. The van der Waals surface area contributed by atoms with E-state index in [4.69, 9.17) is 15.2 Å². The second kappa shape index (κ2) is 10.3. The maximum absolute atomic E-state index is 11.8. The molecule has 0 aliphatic rings. The van der Waals surface area contributed by atoms with Gasteiger partial charge in [0.05, 0.1) is 0 Å². The highest BCUT2D eigenvalue weighted by molar-refractivity contribution is 5.75. The van der Waals surface area contributed by atoms with Crippen molar-refractivity contribution in [3.63, 3.8) is 0 Å². The second-order valence-electron chi connectivity index (χ2n) is 5.74. The highest BCUT2D eigenvalue weighted by Crippen LogP contribution is 2.07. The van der Waals surface area contributed by atoms with Crippen LogP contribution in [0, 0.1) is 0 Å². The van der Waals surface area contributed by atoms with E-state index < -0.39 is 12.0 Å². The number of hydrogen-bond acceptors (Lipinski definition) is 5. The van der Waals surface area contributed by atoms with Crippen LogP contribution in [0.4, 0.5) is 0 Å². The summed E-state index contributed by atoms with van der Waals surface area (Å²) >= 11 is 0. The molecule has 132 valence electrons. The van der Waals surface area contributed by atoms with E-state index in [0.717, 1.165) is 11.1 Å². The Labute approximate surface area is 147 Å². The van der Waals surface area contributed by atoms with Gasteiger partial charge in [0.15, 0.2) is 0 Å². The zero-order valence-corrected chi connectivity index (χ0v) is 14.1.